The maximum Gasteiger partial charge on any atom is 4.00 e. The Kier molecular flexibility index (Phi) is 64.2. The summed E-state index contributed by atoms with van der Waals surface area (Å²) in [7, 11) is 0. The first-order valence-electron chi connectivity index (χ1n) is 7.16. The average Bonchev–Trinajstić information content (AvgIpc) is 2.42. The van der Waals surface area contributed by atoms with Gasteiger partial charge in [0, 0.05) is 0 Å². The van der Waals surface area contributed by atoms with Crippen molar-refractivity contribution in [2.75, 3.05) is 39.3 Å². The normalized spacial score (nSPS) is 14.2. The van der Waals surface area contributed by atoms with Gasteiger partial charge in [-0.2, -0.15) is 20.8 Å². The number of halogens is 1. The van der Waals surface area contributed by atoms with Crippen molar-refractivity contribution in [2.24, 2.45) is 0 Å². The molecule has 23 heavy (non-hydrogen) atoms. The molecule has 0 spiro atoms. The summed E-state index contributed by atoms with van der Waals surface area (Å²) in [6, 6.07) is 0. The molecule has 2 N–H and O–H groups in total. The molecule has 0 aromatic carbocycles. The molecule has 0 atom stereocenters. The predicted molar refractivity (Wildman–Crippen MR) is 94.0 cm³/mol. The minimum atomic E-state index is 0. The number of nitrogens with one attached hydrogen (secondary N) is 2. The number of hydrogen-bond donors (Lipinski definition) is 2. The smallest absolute Gasteiger partial charge is 0.662 e. The van der Waals surface area contributed by atoms with E-state index in [1.165, 1.54) is 58.9 Å². The van der Waals surface area contributed by atoms with E-state index in [-0.39, 0.29) is 34.1 Å². The van der Waals surface area contributed by atoms with Gasteiger partial charge in [-0.25, -0.2) is 0 Å². The number of carbonyl (C=O) groups excluding carboxylic acids is 3. The molecule has 0 bridgehead atoms. The molecule has 0 amide bonds. The third-order valence-electron chi connectivity index (χ3n) is 2.05. The van der Waals surface area contributed by atoms with Crippen LogP contribution >= 0.6 is 12.4 Å². The monoisotopic (exact) mass is 383 g/mol. The Bertz CT molecular complexity index is 157. The second-order valence-corrected chi connectivity index (χ2v) is 3.84. The van der Waals surface area contributed by atoms with E-state index in [1.54, 1.807) is 0 Å². The van der Waals surface area contributed by atoms with Crippen LogP contribution < -0.4 is 10.6 Å². The first-order chi connectivity index (χ1) is 10.2. The summed E-state index contributed by atoms with van der Waals surface area (Å²) >= 11 is 0. The Morgan fingerprint density at radius 1 is 0.696 bits per heavy atom. The first-order valence-corrected chi connectivity index (χ1v) is 7.16. The van der Waals surface area contributed by atoms with Crippen LogP contribution in [0.5, 0.6) is 0 Å². The van der Waals surface area contributed by atoms with Crippen LogP contribution in [-0.4, -0.2) is 58.1 Å². The Morgan fingerprint density at radius 3 is 1.26 bits per heavy atom. The molecule has 1 aliphatic heterocycles. The summed E-state index contributed by atoms with van der Waals surface area (Å²) in [4.78, 5) is 26.0. The summed E-state index contributed by atoms with van der Waals surface area (Å²) in [6.45, 7) is 10.6. The van der Waals surface area contributed by atoms with Crippen LogP contribution in [0.25, 0.3) is 5.32 Å². The van der Waals surface area contributed by atoms with E-state index in [9.17, 15) is 0 Å². The van der Waals surface area contributed by atoms with Gasteiger partial charge < -0.3 is 30.3 Å². The zero-order valence-corrected chi connectivity index (χ0v) is 16.8. The Morgan fingerprint density at radius 2 is 0.957 bits per heavy atom. The molecule has 1 aliphatic rings. The van der Waals surface area contributed by atoms with Gasteiger partial charge in [0.15, 0.2) is 0 Å². The van der Waals surface area contributed by atoms with Crippen LogP contribution in [0.1, 0.15) is 40.0 Å². The van der Waals surface area contributed by atoms with E-state index in [4.69, 9.17) is 14.4 Å². The summed E-state index contributed by atoms with van der Waals surface area (Å²) < 4.78 is 0. The minimum Gasteiger partial charge on any atom is -0.662 e. The van der Waals surface area contributed by atoms with Crippen molar-refractivity contribution in [3.8, 4) is 0 Å². The predicted octanol–water partition coefficient (Wildman–Crippen LogP) is 1.49. The molecule has 0 aromatic rings. The fourth-order valence-electron chi connectivity index (χ4n) is 1.33. The molecular weight excluding hydrogens is 354 g/mol. The molecule has 0 saturated carbocycles. The van der Waals surface area contributed by atoms with Crippen molar-refractivity contribution in [3.63, 3.8) is 0 Å². The summed E-state index contributed by atoms with van der Waals surface area (Å²) in [5.74, 6) is 0. The molecule has 0 unspecified atom stereocenters. The number of hydrogen-bond acceptors (Lipinski definition) is 5. The van der Waals surface area contributed by atoms with Crippen molar-refractivity contribution < 1.29 is 36.1 Å². The number of nitrogens with zero attached hydrogens (tertiary/aromatic N) is 1. The third kappa shape index (κ3) is 61.3. The standard InChI is InChI=1S/C9H20N3.3C2H3O.ClH.Ti/c1-4-10-6-2-8-12-9-3-7-11-5-1;3*1-2-3;;/h10-11H,1-9H2;3*1H3;1H;/q4*-1;;+4. The molecule has 6 nitrogen and oxygen atoms in total. The molecule has 1 saturated heterocycles. The number of rotatable bonds is 0. The van der Waals surface area contributed by atoms with Crippen LogP contribution in [0.4, 0.5) is 0 Å². The van der Waals surface area contributed by atoms with Crippen molar-refractivity contribution in [1.82, 2.24) is 10.6 Å². The van der Waals surface area contributed by atoms with Crippen LogP contribution in [0.2, 0.25) is 0 Å². The zero-order valence-electron chi connectivity index (χ0n) is 14.4. The van der Waals surface area contributed by atoms with Crippen molar-refractivity contribution >= 4 is 31.3 Å². The van der Waals surface area contributed by atoms with Crippen molar-refractivity contribution in [1.29, 1.82) is 0 Å². The first kappa shape index (κ1) is 34.3. The van der Waals surface area contributed by atoms with E-state index in [1.807, 2.05) is 0 Å². The van der Waals surface area contributed by atoms with Gasteiger partial charge >= 0.3 is 21.7 Å². The molecule has 134 valence electrons. The fraction of sp³-hybridized carbons (Fsp3) is 0.800. The second-order valence-electron chi connectivity index (χ2n) is 3.84. The van der Waals surface area contributed by atoms with Gasteiger partial charge in [0.25, 0.3) is 0 Å². The fourth-order valence-corrected chi connectivity index (χ4v) is 1.33. The molecule has 1 fully saturated rings. The summed E-state index contributed by atoms with van der Waals surface area (Å²) in [6.07, 6.45) is 8.15. The molecule has 0 aliphatic carbocycles. The topological polar surface area (TPSA) is 89.4 Å². The molecular formula is C15H30ClN3O3Ti. The van der Waals surface area contributed by atoms with Gasteiger partial charge in [0.1, 0.15) is 0 Å². The largest absolute Gasteiger partial charge is 4.00 e. The molecule has 0 radical (unpaired) electrons. The van der Waals surface area contributed by atoms with Crippen molar-refractivity contribution in [2.45, 2.75) is 40.0 Å². The molecule has 1 rings (SSSR count). The van der Waals surface area contributed by atoms with E-state index in [0.29, 0.717) is 0 Å². The van der Waals surface area contributed by atoms with Gasteiger partial charge in [-0.05, 0) is 32.6 Å². The van der Waals surface area contributed by atoms with Crippen LogP contribution in [-0.2, 0) is 36.1 Å². The summed E-state index contributed by atoms with van der Waals surface area (Å²) in [5, 5.41) is 11.2. The zero-order chi connectivity index (χ0) is 16.6. The van der Waals surface area contributed by atoms with Crippen LogP contribution in [0.3, 0.4) is 0 Å². The van der Waals surface area contributed by atoms with Gasteiger partial charge in [-0.15, -0.1) is 25.5 Å². The Balaban J connectivity index is -0.0000000835. The van der Waals surface area contributed by atoms with Crippen LogP contribution in [0.15, 0.2) is 0 Å². The van der Waals surface area contributed by atoms with Crippen LogP contribution in [0, 0.1) is 0 Å². The quantitative estimate of drug-likeness (QED) is 0.488. The third-order valence-corrected chi connectivity index (χ3v) is 2.05. The second kappa shape index (κ2) is 43.1. The van der Waals surface area contributed by atoms with Gasteiger partial charge in [-0.1, -0.05) is 12.8 Å². The molecule has 8 heteroatoms. The average molecular weight is 384 g/mol. The summed E-state index contributed by atoms with van der Waals surface area (Å²) in [5.41, 5.74) is 0. The van der Waals surface area contributed by atoms with E-state index in [0.717, 1.165) is 39.3 Å². The maximum atomic E-state index is 8.68. The minimum absolute atomic E-state index is 0. The Hall–Kier alpha value is -0.106. The van der Waals surface area contributed by atoms with E-state index in [2.05, 4.69) is 16.0 Å². The van der Waals surface area contributed by atoms with E-state index >= 15 is 0 Å². The molecule has 0 aromatic heterocycles. The SMILES string of the molecule is C1C[N-]CCCNCCCNC1.C[C-]=O.C[C-]=O.C[C-]=O.Cl.[Ti+4]. The van der Waals surface area contributed by atoms with Gasteiger partial charge in [0.05, 0.1) is 0 Å². The van der Waals surface area contributed by atoms with E-state index < -0.39 is 0 Å². The van der Waals surface area contributed by atoms with Gasteiger partial charge in [0.2, 0.25) is 0 Å². The van der Waals surface area contributed by atoms with Gasteiger partial charge in [-0.3, -0.25) is 18.9 Å². The molecule has 1 heterocycles. The van der Waals surface area contributed by atoms with Crippen molar-refractivity contribution in [3.05, 3.63) is 5.32 Å². The maximum absolute atomic E-state index is 8.68. The Labute approximate surface area is 162 Å².